The Kier molecular flexibility index (Phi) is 3.54. The van der Waals surface area contributed by atoms with Crippen LogP contribution in [-0.4, -0.2) is 4.98 Å². The third kappa shape index (κ3) is 2.25. The summed E-state index contributed by atoms with van der Waals surface area (Å²) in [6, 6.07) is 5.24. The van der Waals surface area contributed by atoms with Gasteiger partial charge >= 0.3 is 0 Å². The Morgan fingerprint density at radius 3 is 2.81 bits per heavy atom. The Balaban J connectivity index is 2.77. The molecular formula is C12H11ClINO. The fraction of sp³-hybridized carbons (Fsp3) is 0.250. The Morgan fingerprint density at radius 2 is 2.12 bits per heavy atom. The molecule has 0 aliphatic rings. The van der Waals surface area contributed by atoms with Crippen LogP contribution in [0.4, 0.5) is 0 Å². The average molecular weight is 348 g/mol. The molecule has 2 aromatic rings. The van der Waals surface area contributed by atoms with Gasteiger partial charge in [-0.1, -0.05) is 24.9 Å². The SMILES string of the molecule is CCCc1cc(=O)c2cc(Cl)cc(I)c2[nH]1. The molecule has 0 saturated carbocycles. The molecule has 0 atom stereocenters. The first-order chi connectivity index (χ1) is 7.61. The summed E-state index contributed by atoms with van der Waals surface area (Å²) in [5.74, 6) is 0. The number of pyridine rings is 1. The predicted octanol–water partition coefficient (Wildman–Crippen LogP) is 3.74. The summed E-state index contributed by atoms with van der Waals surface area (Å²) in [5.41, 5.74) is 1.92. The van der Waals surface area contributed by atoms with E-state index < -0.39 is 0 Å². The lowest BCUT2D eigenvalue weighted by Gasteiger charge is -2.05. The number of benzene rings is 1. The highest BCUT2D eigenvalue weighted by Gasteiger charge is 2.06. The summed E-state index contributed by atoms with van der Waals surface area (Å²) < 4.78 is 0.982. The van der Waals surface area contributed by atoms with E-state index in [1.54, 1.807) is 12.1 Å². The molecule has 0 fully saturated rings. The number of hydrogen-bond acceptors (Lipinski definition) is 1. The summed E-state index contributed by atoms with van der Waals surface area (Å²) in [4.78, 5) is 15.2. The van der Waals surface area contributed by atoms with Gasteiger partial charge in [-0.2, -0.15) is 0 Å². The van der Waals surface area contributed by atoms with Crippen LogP contribution >= 0.6 is 34.2 Å². The number of aromatic amines is 1. The van der Waals surface area contributed by atoms with E-state index in [0.717, 1.165) is 27.6 Å². The Hall–Kier alpha value is -0.550. The first kappa shape index (κ1) is 11.9. The number of aromatic nitrogens is 1. The number of nitrogens with one attached hydrogen (secondary N) is 1. The molecule has 0 spiro atoms. The molecule has 0 saturated heterocycles. The number of fused-ring (bicyclic) bond motifs is 1. The largest absolute Gasteiger partial charge is 0.357 e. The fourth-order valence-corrected chi connectivity index (χ4v) is 2.89. The third-order valence-electron chi connectivity index (χ3n) is 2.43. The van der Waals surface area contributed by atoms with Gasteiger partial charge in [0.2, 0.25) is 0 Å². The van der Waals surface area contributed by atoms with Crippen molar-refractivity contribution >= 4 is 45.1 Å². The lowest BCUT2D eigenvalue weighted by molar-refractivity contribution is 0.888. The number of rotatable bonds is 2. The van der Waals surface area contributed by atoms with Crippen LogP contribution in [0.15, 0.2) is 23.0 Å². The van der Waals surface area contributed by atoms with Gasteiger partial charge in [0.05, 0.1) is 5.52 Å². The molecule has 16 heavy (non-hydrogen) atoms. The lowest BCUT2D eigenvalue weighted by Crippen LogP contribution is -2.06. The van der Waals surface area contributed by atoms with Crippen LogP contribution in [0.25, 0.3) is 10.9 Å². The third-order valence-corrected chi connectivity index (χ3v) is 3.50. The van der Waals surface area contributed by atoms with E-state index in [-0.39, 0.29) is 5.43 Å². The first-order valence-electron chi connectivity index (χ1n) is 5.12. The van der Waals surface area contributed by atoms with Crippen LogP contribution in [0.3, 0.4) is 0 Å². The van der Waals surface area contributed by atoms with E-state index in [4.69, 9.17) is 11.6 Å². The van der Waals surface area contributed by atoms with E-state index >= 15 is 0 Å². The van der Waals surface area contributed by atoms with Crippen molar-refractivity contribution in [1.29, 1.82) is 0 Å². The van der Waals surface area contributed by atoms with Crippen molar-refractivity contribution in [3.8, 4) is 0 Å². The minimum atomic E-state index is 0.0395. The summed E-state index contributed by atoms with van der Waals surface area (Å²) in [6.45, 7) is 2.09. The highest BCUT2D eigenvalue weighted by atomic mass is 127. The van der Waals surface area contributed by atoms with Crippen molar-refractivity contribution in [3.05, 3.63) is 42.7 Å². The molecule has 0 bridgehead atoms. The Bertz CT molecular complexity index is 591. The normalized spacial score (nSPS) is 10.9. The van der Waals surface area contributed by atoms with Crippen LogP contribution in [0.5, 0.6) is 0 Å². The summed E-state index contributed by atoms with van der Waals surface area (Å²) in [7, 11) is 0. The van der Waals surface area contributed by atoms with Gasteiger partial charge in [0, 0.05) is 25.7 Å². The van der Waals surface area contributed by atoms with E-state index in [0.29, 0.717) is 10.4 Å². The number of hydrogen-bond donors (Lipinski definition) is 1. The smallest absolute Gasteiger partial charge is 0.189 e. The van der Waals surface area contributed by atoms with Crippen LogP contribution in [0, 0.1) is 3.57 Å². The molecular weight excluding hydrogens is 336 g/mol. The van der Waals surface area contributed by atoms with Gasteiger partial charge in [-0.15, -0.1) is 0 Å². The molecule has 0 unspecified atom stereocenters. The Labute approximate surface area is 112 Å². The summed E-state index contributed by atoms with van der Waals surface area (Å²) in [5, 5.41) is 1.27. The highest BCUT2D eigenvalue weighted by Crippen LogP contribution is 2.22. The highest BCUT2D eigenvalue weighted by molar-refractivity contribution is 14.1. The molecule has 2 nitrogen and oxygen atoms in total. The van der Waals surface area contributed by atoms with Crippen LogP contribution < -0.4 is 5.43 Å². The second kappa shape index (κ2) is 4.75. The molecule has 2 rings (SSSR count). The number of H-pyrrole nitrogens is 1. The molecule has 0 amide bonds. The maximum absolute atomic E-state index is 11.9. The van der Waals surface area contributed by atoms with Crippen molar-refractivity contribution in [2.45, 2.75) is 19.8 Å². The summed E-state index contributed by atoms with van der Waals surface area (Å²) in [6.07, 6.45) is 1.91. The van der Waals surface area contributed by atoms with E-state index in [2.05, 4.69) is 34.5 Å². The molecule has 1 heterocycles. The summed E-state index contributed by atoms with van der Waals surface area (Å²) >= 11 is 8.13. The maximum Gasteiger partial charge on any atom is 0.189 e. The van der Waals surface area contributed by atoms with Crippen molar-refractivity contribution in [2.75, 3.05) is 0 Å². The van der Waals surface area contributed by atoms with Gasteiger partial charge in [-0.25, -0.2) is 0 Å². The molecule has 1 N–H and O–H groups in total. The monoisotopic (exact) mass is 347 g/mol. The van der Waals surface area contributed by atoms with Gasteiger partial charge in [0.25, 0.3) is 0 Å². The van der Waals surface area contributed by atoms with E-state index in [9.17, 15) is 4.79 Å². The average Bonchev–Trinajstić information content (AvgIpc) is 2.20. The van der Waals surface area contributed by atoms with E-state index in [1.807, 2.05) is 6.07 Å². The number of halogens is 2. The molecule has 0 radical (unpaired) electrons. The van der Waals surface area contributed by atoms with Crippen molar-refractivity contribution in [3.63, 3.8) is 0 Å². The van der Waals surface area contributed by atoms with Gasteiger partial charge in [0.1, 0.15) is 0 Å². The van der Waals surface area contributed by atoms with Crippen molar-refractivity contribution < 1.29 is 0 Å². The molecule has 4 heteroatoms. The molecule has 84 valence electrons. The quantitative estimate of drug-likeness (QED) is 0.825. The molecule has 1 aromatic heterocycles. The van der Waals surface area contributed by atoms with Gasteiger partial charge in [-0.05, 0) is 41.1 Å². The zero-order valence-corrected chi connectivity index (χ0v) is 11.7. The standard InChI is InChI=1S/C12H11ClINO/c1-2-3-8-6-11(16)9-4-7(13)5-10(14)12(9)15-8/h4-6H,2-3H2,1H3,(H,15,16). The van der Waals surface area contributed by atoms with Crippen LogP contribution in [0.2, 0.25) is 5.02 Å². The zero-order valence-electron chi connectivity index (χ0n) is 8.81. The van der Waals surface area contributed by atoms with E-state index in [1.165, 1.54) is 0 Å². The van der Waals surface area contributed by atoms with Gasteiger partial charge in [-0.3, -0.25) is 4.79 Å². The topological polar surface area (TPSA) is 32.9 Å². The van der Waals surface area contributed by atoms with Gasteiger partial charge in [0.15, 0.2) is 5.43 Å². The number of aryl methyl sites for hydroxylation is 1. The van der Waals surface area contributed by atoms with Crippen LogP contribution in [0.1, 0.15) is 19.0 Å². The van der Waals surface area contributed by atoms with Crippen molar-refractivity contribution in [1.82, 2.24) is 4.98 Å². The van der Waals surface area contributed by atoms with Crippen LogP contribution in [-0.2, 0) is 6.42 Å². The Morgan fingerprint density at radius 1 is 1.38 bits per heavy atom. The molecule has 1 aromatic carbocycles. The maximum atomic E-state index is 11.9. The van der Waals surface area contributed by atoms with Crippen molar-refractivity contribution in [2.24, 2.45) is 0 Å². The fourth-order valence-electron chi connectivity index (χ4n) is 1.73. The minimum absolute atomic E-state index is 0.0395. The lowest BCUT2D eigenvalue weighted by atomic mass is 10.1. The molecule has 0 aliphatic heterocycles. The second-order valence-electron chi connectivity index (χ2n) is 3.72. The molecule has 0 aliphatic carbocycles. The zero-order chi connectivity index (χ0) is 11.7. The van der Waals surface area contributed by atoms with Gasteiger partial charge < -0.3 is 4.98 Å². The second-order valence-corrected chi connectivity index (χ2v) is 5.32. The predicted molar refractivity (Wildman–Crippen MR) is 76.3 cm³/mol. The minimum Gasteiger partial charge on any atom is -0.357 e. The first-order valence-corrected chi connectivity index (χ1v) is 6.58.